The SMILES string of the molecule is CC(=O)C1(C)CCN(C2CCc3c2n[nH]c(=O)c3C(F)(F)F)C1.CCCC.CCCCCC(C)CC.Cc1ccc(C#N)cn1. The first-order valence-electron chi connectivity index (χ1n) is 16.4. The zero-order valence-electron chi connectivity index (χ0n) is 28.6. The minimum Gasteiger partial charge on any atom is -0.299 e. The number of alkyl halides is 3. The van der Waals surface area contributed by atoms with Crippen LogP contribution in [0.25, 0.3) is 0 Å². The van der Waals surface area contributed by atoms with E-state index in [1.165, 1.54) is 44.9 Å². The third-order valence-electron chi connectivity index (χ3n) is 8.71. The number of hydrogen-bond donors (Lipinski definition) is 1. The lowest BCUT2D eigenvalue weighted by Crippen LogP contribution is -2.33. The number of aromatic nitrogens is 3. The molecule has 1 saturated heterocycles. The van der Waals surface area contributed by atoms with E-state index in [4.69, 9.17) is 5.26 Å². The summed E-state index contributed by atoms with van der Waals surface area (Å²) in [6.07, 6.45) is 7.86. The average Bonchev–Trinajstić information content (AvgIpc) is 3.62. The van der Waals surface area contributed by atoms with Gasteiger partial charge in [-0.1, -0.05) is 86.5 Å². The van der Waals surface area contributed by atoms with Crippen molar-refractivity contribution in [3.63, 3.8) is 0 Å². The summed E-state index contributed by atoms with van der Waals surface area (Å²) in [5.74, 6) is 1.04. The van der Waals surface area contributed by atoms with Gasteiger partial charge in [-0.2, -0.15) is 23.5 Å². The van der Waals surface area contributed by atoms with E-state index in [2.05, 4.69) is 44.7 Å². The summed E-state index contributed by atoms with van der Waals surface area (Å²) in [7, 11) is 0. The van der Waals surface area contributed by atoms with Gasteiger partial charge in [-0.15, -0.1) is 0 Å². The second-order valence-electron chi connectivity index (χ2n) is 12.5. The summed E-state index contributed by atoms with van der Waals surface area (Å²) >= 11 is 0. The van der Waals surface area contributed by atoms with Gasteiger partial charge in [0.1, 0.15) is 17.4 Å². The maximum absolute atomic E-state index is 13.1. The highest BCUT2D eigenvalue weighted by molar-refractivity contribution is 5.82. The number of hydrogen-bond acceptors (Lipinski definition) is 6. The number of nitriles is 1. The number of rotatable bonds is 8. The third kappa shape index (κ3) is 12.7. The van der Waals surface area contributed by atoms with E-state index in [-0.39, 0.29) is 23.8 Å². The number of aromatic amines is 1. The summed E-state index contributed by atoms with van der Waals surface area (Å²) < 4.78 is 39.4. The Bertz CT molecular complexity index is 1270. The molecule has 3 unspecified atom stereocenters. The smallest absolute Gasteiger partial charge is 0.299 e. The molecular weight excluding hydrogens is 579 g/mol. The summed E-state index contributed by atoms with van der Waals surface area (Å²) in [6.45, 7) is 17.7. The maximum Gasteiger partial charge on any atom is 0.422 e. The number of halogens is 3. The molecule has 3 heterocycles. The van der Waals surface area contributed by atoms with Crippen LogP contribution in [0.2, 0.25) is 0 Å². The molecular formula is C35H54F3N5O2. The largest absolute Gasteiger partial charge is 0.422 e. The summed E-state index contributed by atoms with van der Waals surface area (Å²) in [5, 5.41) is 14.2. The van der Waals surface area contributed by atoms with Gasteiger partial charge in [0.2, 0.25) is 0 Å². The number of ketones is 1. The Kier molecular flexibility index (Phi) is 17.3. The number of carbonyl (C=O) groups is 1. The first-order chi connectivity index (χ1) is 21.2. The number of fused-ring (bicyclic) bond motifs is 1. The lowest BCUT2D eigenvalue weighted by Gasteiger charge is -2.26. The Morgan fingerprint density at radius 3 is 2.31 bits per heavy atom. The number of H-pyrrole nitrogens is 1. The van der Waals surface area contributed by atoms with Crippen molar-refractivity contribution in [3.05, 3.63) is 56.8 Å². The Balaban J connectivity index is 0.000000378. The van der Waals surface area contributed by atoms with Crippen LogP contribution in [0.15, 0.2) is 23.1 Å². The van der Waals surface area contributed by atoms with Crippen LogP contribution in [0.3, 0.4) is 0 Å². The summed E-state index contributed by atoms with van der Waals surface area (Å²) in [6, 6.07) is 5.29. The fraction of sp³-hybridized carbons (Fsp3) is 0.686. The highest BCUT2D eigenvalue weighted by atomic mass is 19.4. The fourth-order valence-corrected chi connectivity index (χ4v) is 5.13. The quantitative estimate of drug-likeness (QED) is 0.292. The molecule has 0 radical (unpaired) electrons. The van der Waals surface area contributed by atoms with Crippen molar-refractivity contribution in [2.24, 2.45) is 11.3 Å². The number of unbranched alkanes of at least 4 members (excludes halogenated alkanes) is 3. The zero-order valence-corrected chi connectivity index (χ0v) is 28.6. The Hall–Kier alpha value is -3.06. The second-order valence-corrected chi connectivity index (χ2v) is 12.5. The molecule has 0 bridgehead atoms. The van der Waals surface area contributed by atoms with Crippen LogP contribution in [0.4, 0.5) is 13.2 Å². The van der Waals surface area contributed by atoms with Gasteiger partial charge in [-0.3, -0.25) is 19.5 Å². The number of nitrogens with zero attached hydrogens (tertiary/aromatic N) is 4. The van der Waals surface area contributed by atoms with Gasteiger partial charge >= 0.3 is 6.18 Å². The lowest BCUT2D eigenvalue weighted by atomic mass is 9.86. The van der Waals surface area contributed by atoms with Gasteiger partial charge in [0.15, 0.2) is 0 Å². The summed E-state index contributed by atoms with van der Waals surface area (Å²) in [5.41, 5.74) is -0.926. The first-order valence-corrected chi connectivity index (χ1v) is 16.4. The molecule has 1 aliphatic heterocycles. The van der Waals surface area contributed by atoms with Crippen LogP contribution in [-0.2, 0) is 17.4 Å². The van der Waals surface area contributed by atoms with Crippen LogP contribution in [0, 0.1) is 29.6 Å². The van der Waals surface area contributed by atoms with Crippen LogP contribution >= 0.6 is 0 Å². The molecule has 1 aliphatic carbocycles. The first kappa shape index (κ1) is 40.0. The topological polar surface area (TPSA) is 103 Å². The standard InChI is InChI=1S/C15H18F3N3O2.C9H20.C7H6N2.C4H10/c1-8(22)14(2)5-6-21(7-14)10-4-3-9-11(15(16,17)18)13(23)20-19-12(9)10;1-4-6-7-8-9(3)5-2;1-6-2-3-7(4-8)5-9-6;1-3-4-2/h10H,3-7H2,1-2H3,(H,20,23);9H,4-8H2,1-3H3;2-3,5H,1H3;3-4H2,1-2H3. The predicted octanol–water partition coefficient (Wildman–Crippen LogP) is 8.76. The Morgan fingerprint density at radius 1 is 1.18 bits per heavy atom. The molecule has 1 N–H and O–H groups in total. The van der Waals surface area contributed by atoms with E-state index in [9.17, 15) is 22.8 Å². The van der Waals surface area contributed by atoms with Crippen molar-refractivity contribution in [3.8, 4) is 6.07 Å². The molecule has 3 atom stereocenters. The molecule has 4 rings (SSSR count). The van der Waals surface area contributed by atoms with Gasteiger partial charge in [-0.25, -0.2) is 5.10 Å². The summed E-state index contributed by atoms with van der Waals surface area (Å²) in [4.78, 5) is 29.3. The normalized spacial score (nSPS) is 19.5. The number of carbonyl (C=O) groups excluding carboxylic acids is 1. The third-order valence-corrected chi connectivity index (χ3v) is 8.71. The highest BCUT2D eigenvalue weighted by Gasteiger charge is 2.46. The predicted molar refractivity (Wildman–Crippen MR) is 174 cm³/mol. The number of pyridine rings is 1. The molecule has 0 amide bonds. The number of nitrogens with one attached hydrogen (secondary N) is 1. The van der Waals surface area contributed by atoms with Crippen LogP contribution in [-0.4, -0.2) is 39.0 Å². The van der Waals surface area contributed by atoms with E-state index in [1.807, 2.05) is 36.0 Å². The Labute approximate surface area is 268 Å². The van der Waals surface area contributed by atoms with Crippen molar-refractivity contribution >= 4 is 5.78 Å². The number of likely N-dealkylation sites (tertiary alicyclic amines) is 1. The van der Waals surface area contributed by atoms with Crippen LogP contribution < -0.4 is 5.56 Å². The molecule has 2 aliphatic rings. The van der Waals surface area contributed by atoms with Gasteiger partial charge in [0, 0.05) is 23.9 Å². The molecule has 1 fully saturated rings. The minimum atomic E-state index is -4.69. The maximum atomic E-state index is 13.1. The monoisotopic (exact) mass is 633 g/mol. The molecule has 252 valence electrons. The number of Topliss-reactive ketones (excluding diaryl/α,β-unsaturated/α-hetero) is 1. The van der Waals surface area contributed by atoms with Crippen LogP contribution in [0.5, 0.6) is 0 Å². The fourth-order valence-electron chi connectivity index (χ4n) is 5.13. The van der Waals surface area contributed by atoms with Gasteiger partial charge < -0.3 is 0 Å². The molecule has 7 nitrogen and oxygen atoms in total. The molecule has 45 heavy (non-hydrogen) atoms. The van der Waals surface area contributed by atoms with Crippen molar-refractivity contribution in [2.75, 3.05) is 13.1 Å². The van der Waals surface area contributed by atoms with E-state index in [0.29, 0.717) is 37.2 Å². The number of aryl methyl sites for hydroxylation is 1. The molecule has 0 aromatic carbocycles. The lowest BCUT2D eigenvalue weighted by molar-refractivity contribution is -0.139. The van der Waals surface area contributed by atoms with E-state index < -0.39 is 22.7 Å². The van der Waals surface area contributed by atoms with Crippen molar-refractivity contribution in [1.29, 1.82) is 5.26 Å². The van der Waals surface area contributed by atoms with E-state index in [1.54, 1.807) is 19.2 Å². The van der Waals surface area contributed by atoms with Gasteiger partial charge in [-0.05, 0) is 63.3 Å². The van der Waals surface area contributed by atoms with Crippen LogP contribution in [0.1, 0.15) is 140 Å². The van der Waals surface area contributed by atoms with Crippen molar-refractivity contribution in [2.45, 2.75) is 132 Å². The second kappa shape index (κ2) is 19.5. The molecule has 2 aromatic rings. The van der Waals surface area contributed by atoms with Crippen molar-refractivity contribution in [1.82, 2.24) is 20.1 Å². The van der Waals surface area contributed by atoms with E-state index >= 15 is 0 Å². The highest BCUT2D eigenvalue weighted by Crippen LogP contribution is 2.43. The Morgan fingerprint density at radius 2 is 1.84 bits per heavy atom. The minimum absolute atomic E-state index is 0.00248. The van der Waals surface area contributed by atoms with Crippen molar-refractivity contribution < 1.29 is 18.0 Å². The van der Waals surface area contributed by atoms with Gasteiger partial charge in [0.05, 0.1) is 17.3 Å². The molecule has 2 aromatic heterocycles. The molecule has 10 heteroatoms. The molecule has 0 spiro atoms. The average molecular weight is 634 g/mol. The molecule has 0 saturated carbocycles. The zero-order chi connectivity index (χ0) is 34.2. The van der Waals surface area contributed by atoms with E-state index in [0.717, 1.165) is 11.6 Å². The van der Waals surface area contributed by atoms with Gasteiger partial charge in [0.25, 0.3) is 5.56 Å².